The van der Waals surface area contributed by atoms with Crippen molar-refractivity contribution in [2.75, 3.05) is 14.1 Å². The Morgan fingerprint density at radius 2 is 1.62 bits per heavy atom. The summed E-state index contributed by atoms with van der Waals surface area (Å²) in [7, 11) is 3.53. The predicted octanol–water partition coefficient (Wildman–Crippen LogP) is 2.74. The van der Waals surface area contributed by atoms with Gasteiger partial charge in [-0.25, -0.2) is 0 Å². The molecule has 2 unspecified atom stereocenters. The number of benzene rings is 2. The van der Waals surface area contributed by atoms with Crippen LogP contribution in [0.1, 0.15) is 41.4 Å². The van der Waals surface area contributed by atoms with Gasteiger partial charge in [-0.05, 0) is 44.2 Å². The van der Waals surface area contributed by atoms with E-state index in [1.54, 1.807) is 19.2 Å². The number of carbonyl (C=O) groups is 2. The molecule has 138 valence electrons. The highest BCUT2D eigenvalue weighted by atomic mass is 16.2. The highest BCUT2D eigenvalue weighted by molar-refractivity contribution is 5.93. The Kier molecular flexibility index (Phi) is 6.92. The van der Waals surface area contributed by atoms with Gasteiger partial charge in [-0.2, -0.15) is 0 Å². The van der Waals surface area contributed by atoms with E-state index in [4.69, 9.17) is 0 Å². The lowest BCUT2D eigenvalue weighted by atomic mass is 10.1. The van der Waals surface area contributed by atoms with Crippen LogP contribution >= 0.6 is 0 Å². The van der Waals surface area contributed by atoms with Gasteiger partial charge in [0, 0.05) is 19.2 Å². The van der Waals surface area contributed by atoms with Crippen molar-refractivity contribution in [2.45, 2.75) is 32.5 Å². The Morgan fingerprint density at radius 1 is 1.00 bits per heavy atom. The predicted molar refractivity (Wildman–Crippen MR) is 104 cm³/mol. The maximum atomic E-state index is 12.5. The van der Waals surface area contributed by atoms with Gasteiger partial charge < -0.3 is 10.6 Å². The van der Waals surface area contributed by atoms with Gasteiger partial charge in [0.15, 0.2) is 0 Å². The molecule has 0 fully saturated rings. The van der Waals surface area contributed by atoms with Crippen molar-refractivity contribution < 1.29 is 9.59 Å². The first kappa shape index (κ1) is 19.7. The molecule has 2 rings (SSSR count). The molecule has 5 heteroatoms. The molecular formula is C21H27N3O2. The lowest BCUT2D eigenvalue weighted by Crippen LogP contribution is -2.43. The van der Waals surface area contributed by atoms with Crippen molar-refractivity contribution in [1.82, 2.24) is 15.5 Å². The van der Waals surface area contributed by atoms with Crippen LogP contribution in [0.5, 0.6) is 0 Å². The summed E-state index contributed by atoms with van der Waals surface area (Å²) < 4.78 is 0. The van der Waals surface area contributed by atoms with Crippen LogP contribution in [0.15, 0.2) is 54.6 Å². The molecule has 26 heavy (non-hydrogen) atoms. The quantitative estimate of drug-likeness (QED) is 0.805. The van der Waals surface area contributed by atoms with E-state index in [1.165, 1.54) is 0 Å². The fraction of sp³-hybridized carbons (Fsp3) is 0.333. The lowest BCUT2D eigenvalue weighted by Gasteiger charge is -2.26. The molecule has 2 N–H and O–H groups in total. The molecule has 5 nitrogen and oxygen atoms in total. The fourth-order valence-corrected chi connectivity index (χ4v) is 2.69. The van der Waals surface area contributed by atoms with Crippen LogP contribution in [0, 0.1) is 0 Å². The molecule has 0 aromatic heterocycles. The summed E-state index contributed by atoms with van der Waals surface area (Å²) in [6.07, 6.45) is 0. The minimum absolute atomic E-state index is 0.00849. The Hall–Kier alpha value is -2.66. The average Bonchev–Trinajstić information content (AvgIpc) is 2.67. The number of hydrogen-bond donors (Lipinski definition) is 2. The monoisotopic (exact) mass is 353 g/mol. The molecule has 0 saturated heterocycles. The Morgan fingerprint density at radius 3 is 2.19 bits per heavy atom. The van der Waals surface area contributed by atoms with Crippen molar-refractivity contribution >= 4 is 11.8 Å². The lowest BCUT2D eigenvalue weighted by molar-refractivity contribution is -0.126. The second kappa shape index (κ2) is 9.15. The number of rotatable bonds is 7. The average molecular weight is 353 g/mol. The van der Waals surface area contributed by atoms with Crippen molar-refractivity contribution in [3.05, 3.63) is 71.3 Å². The zero-order valence-corrected chi connectivity index (χ0v) is 15.8. The highest BCUT2D eigenvalue weighted by Crippen LogP contribution is 2.13. The van der Waals surface area contributed by atoms with Gasteiger partial charge in [0.1, 0.15) is 0 Å². The van der Waals surface area contributed by atoms with Gasteiger partial charge in [0.2, 0.25) is 5.91 Å². The second-order valence-electron chi connectivity index (χ2n) is 6.51. The number of nitrogens with one attached hydrogen (secondary N) is 2. The van der Waals surface area contributed by atoms with Gasteiger partial charge >= 0.3 is 0 Å². The third-order valence-electron chi connectivity index (χ3n) is 4.57. The van der Waals surface area contributed by atoms with Gasteiger partial charge in [-0.15, -0.1) is 0 Å². The molecule has 0 spiro atoms. The van der Waals surface area contributed by atoms with Gasteiger partial charge in [-0.1, -0.05) is 42.5 Å². The van der Waals surface area contributed by atoms with E-state index >= 15 is 0 Å². The third-order valence-corrected chi connectivity index (χ3v) is 4.57. The van der Waals surface area contributed by atoms with Crippen LogP contribution in [-0.4, -0.2) is 36.9 Å². The smallest absolute Gasteiger partial charge is 0.251 e. The first-order valence-corrected chi connectivity index (χ1v) is 8.79. The van der Waals surface area contributed by atoms with E-state index < -0.39 is 0 Å². The maximum Gasteiger partial charge on any atom is 0.251 e. The van der Waals surface area contributed by atoms with E-state index in [1.807, 2.05) is 68.3 Å². The van der Waals surface area contributed by atoms with Crippen molar-refractivity contribution in [3.63, 3.8) is 0 Å². The number of amides is 2. The topological polar surface area (TPSA) is 61.4 Å². The first-order chi connectivity index (χ1) is 12.4. The summed E-state index contributed by atoms with van der Waals surface area (Å²) in [5, 5.41) is 5.66. The van der Waals surface area contributed by atoms with Crippen molar-refractivity contribution in [1.29, 1.82) is 0 Å². The molecule has 0 saturated carbocycles. The Labute approximate surface area is 155 Å². The zero-order chi connectivity index (χ0) is 19.1. The maximum absolute atomic E-state index is 12.5. The summed E-state index contributed by atoms with van der Waals surface area (Å²) in [4.78, 5) is 26.1. The molecule has 0 bridgehead atoms. The molecule has 2 atom stereocenters. The standard InChI is InChI=1S/C21H27N3O2/c1-15(18-8-6-5-7-9-18)23-20(25)16(2)24(4)14-17-10-12-19(13-11-17)21(26)22-3/h5-13,15-16H,14H2,1-4H3,(H,22,26)(H,23,25). The number of likely N-dealkylation sites (N-methyl/N-ethyl adjacent to an activating group) is 1. The van der Waals surface area contributed by atoms with Crippen molar-refractivity contribution in [2.24, 2.45) is 0 Å². The summed E-state index contributed by atoms with van der Waals surface area (Å²) in [5.41, 5.74) is 2.76. The molecule has 0 radical (unpaired) electrons. The van der Waals surface area contributed by atoms with Crippen LogP contribution < -0.4 is 10.6 Å². The molecule has 0 heterocycles. The third kappa shape index (κ3) is 5.17. The normalized spacial score (nSPS) is 13.1. The number of hydrogen-bond acceptors (Lipinski definition) is 3. The van der Waals surface area contributed by atoms with Crippen LogP contribution in [0.25, 0.3) is 0 Å². The Balaban J connectivity index is 1.92. The van der Waals surface area contributed by atoms with E-state index in [2.05, 4.69) is 10.6 Å². The van der Waals surface area contributed by atoms with Crippen LogP contribution in [-0.2, 0) is 11.3 Å². The summed E-state index contributed by atoms with van der Waals surface area (Å²) in [5.74, 6) is -0.113. The number of carbonyl (C=O) groups excluding carboxylic acids is 2. The van der Waals surface area contributed by atoms with Gasteiger partial charge in [0.05, 0.1) is 12.1 Å². The van der Waals surface area contributed by atoms with E-state index in [0.29, 0.717) is 12.1 Å². The molecule has 2 aromatic carbocycles. The van der Waals surface area contributed by atoms with Gasteiger partial charge in [0.25, 0.3) is 5.91 Å². The van der Waals surface area contributed by atoms with E-state index in [9.17, 15) is 9.59 Å². The molecule has 0 aliphatic rings. The summed E-state index contributed by atoms with van der Waals surface area (Å²) >= 11 is 0. The minimum atomic E-state index is -0.264. The van der Waals surface area contributed by atoms with Gasteiger partial charge in [-0.3, -0.25) is 14.5 Å². The molecular weight excluding hydrogens is 326 g/mol. The Bertz CT molecular complexity index is 729. The fourth-order valence-electron chi connectivity index (χ4n) is 2.69. The summed E-state index contributed by atoms with van der Waals surface area (Å²) in [6, 6.07) is 17.0. The van der Waals surface area contributed by atoms with Crippen LogP contribution in [0.4, 0.5) is 0 Å². The van der Waals surface area contributed by atoms with Crippen molar-refractivity contribution in [3.8, 4) is 0 Å². The summed E-state index contributed by atoms with van der Waals surface area (Å²) in [6.45, 7) is 4.51. The second-order valence-corrected chi connectivity index (χ2v) is 6.51. The van der Waals surface area contributed by atoms with E-state index in [-0.39, 0.29) is 23.9 Å². The minimum Gasteiger partial charge on any atom is -0.355 e. The van der Waals surface area contributed by atoms with E-state index in [0.717, 1.165) is 11.1 Å². The molecule has 0 aliphatic carbocycles. The SMILES string of the molecule is CNC(=O)c1ccc(CN(C)C(C)C(=O)NC(C)c2ccccc2)cc1. The number of nitrogens with zero attached hydrogens (tertiary/aromatic N) is 1. The zero-order valence-electron chi connectivity index (χ0n) is 15.8. The molecule has 0 aliphatic heterocycles. The molecule has 2 amide bonds. The molecule has 2 aromatic rings. The first-order valence-electron chi connectivity index (χ1n) is 8.79. The van der Waals surface area contributed by atoms with Crippen LogP contribution in [0.3, 0.4) is 0 Å². The largest absolute Gasteiger partial charge is 0.355 e. The van der Waals surface area contributed by atoms with Crippen LogP contribution in [0.2, 0.25) is 0 Å². The highest BCUT2D eigenvalue weighted by Gasteiger charge is 2.20.